The van der Waals surface area contributed by atoms with E-state index in [1.54, 1.807) is 12.4 Å². The van der Waals surface area contributed by atoms with E-state index < -0.39 is 11.4 Å². The third-order valence-electron chi connectivity index (χ3n) is 2.66. The van der Waals surface area contributed by atoms with Crippen molar-refractivity contribution in [2.45, 2.75) is 38.9 Å². The number of aromatic nitrogens is 1. The molecule has 0 fully saturated rings. The fourth-order valence-corrected chi connectivity index (χ4v) is 1.99. The number of halogens is 1. The number of hydrogen-bond acceptors (Lipinski definition) is 3. The molecule has 0 aliphatic carbocycles. The molecule has 17 heavy (non-hydrogen) atoms. The van der Waals surface area contributed by atoms with Gasteiger partial charge in [0.25, 0.3) is 0 Å². The van der Waals surface area contributed by atoms with Gasteiger partial charge in [-0.05, 0) is 54.8 Å². The van der Waals surface area contributed by atoms with Crippen molar-refractivity contribution < 1.29 is 4.55 Å². The van der Waals surface area contributed by atoms with Crippen LogP contribution in [-0.4, -0.2) is 20.5 Å². The molecule has 1 atom stereocenters. The maximum Gasteiger partial charge on any atom is 0.147 e. The summed E-state index contributed by atoms with van der Waals surface area (Å²) < 4.78 is 16.5. The average Bonchev–Trinajstić information content (AvgIpc) is 2.30. The Hall–Kier alpha value is -0.390. The van der Waals surface area contributed by atoms with E-state index in [9.17, 15) is 4.55 Å². The third kappa shape index (κ3) is 4.08. The molecule has 3 nitrogen and oxygen atoms in total. The van der Waals surface area contributed by atoms with Crippen LogP contribution in [0.3, 0.4) is 0 Å². The van der Waals surface area contributed by atoms with E-state index in [2.05, 4.69) is 25.3 Å². The fraction of sp³-hybridized carbons (Fsp3) is 0.500. The van der Waals surface area contributed by atoms with Crippen LogP contribution in [0.2, 0.25) is 0 Å². The molecule has 0 aliphatic heterocycles. The number of aryl methyl sites for hydroxylation is 1. The SMILES string of the molecule is CCC(C)(C)[S+]([O-])/N=C/c1cnc(Br)c(C)c1. The highest BCUT2D eigenvalue weighted by Gasteiger charge is 2.30. The lowest BCUT2D eigenvalue weighted by molar-refractivity contribution is 0.540. The van der Waals surface area contributed by atoms with Crippen LogP contribution in [0.4, 0.5) is 0 Å². The van der Waals surface area contributed by atoms with Crippen molar-refractivity contribution in [3.05, 3.63) is 28.0 Å². The van der Waals surface area contributed by atoms with Crippen molar-refractivity contribution in [1.82, 2.24) is 4.98 Å². The number of rotatable bonds is 4. The van der Waals surface area contributed by atoms with E-state index in [1.807, 2.05) is 33.8 Å². The second-order valence-corrected chi connectivity index (χ2v) is 7.04. The Morgan fingerprint density at radius 2 is 2.24 bits per heavy atom. The van der Waals surface area contributed by atoms with Crippen molar-refractivity contribution in [1.29, 1.82) is 0 Å². The highest BCUT2D eigenvalue weighted by molar-refractivity contribution is 9.10. The zero-order valence-corrected chi connectivity index (χ0v) is 12.9. The zero-order chi connectivity index (χ0) is 13.1. The summed E-state index contributed by atoms with van der Waals surface area (Å²) in [5.41, 5.74) is 1.90. The second-order valence-electron chi connectivity index (χ2n) is 4.47. The van der Waals surface area contributed by atoms with Crippen LogP contribution in [0.1, 0.15) is 38.3 Å². The van der Waals surface area contributed by atoms with Gasteiger partial charge in [0.15, 0.2) is 0 Å². The Balaban J connectivity index is 2.80. The molecule has 0 N–H and O–H groups in total. The molecule has 0 aliphatic rings. The summed E-state index contributed by atoms with van der Waals surface area (Å²) in [5, 5.41) is 0. The van der Waals surface area contributed by atoms with Crippen LogP contribution in [-0.2, 0) is 11.4 Å². The highest BCUT2D eigenvalue weighted by atomic mass is 79.9. The molecular formula is C12H17BrN2OS. The number of pyridine rings is 1. The Bertz CT molecular complexity index is 421. The lowest BCUT2D eigenvalue weighted by Gasteiger charge is -2.21. The lowest BCUT2D eigenvalue weighted by Crippen LogP contribution is -2.29. The van der Waals surface area contributed by atoms with Crippen molar-refractivity contribution >= 4 is 33.5 Å². The maximum atomic E-state index is 11.9. The average molecular weight is 317 g/mol. The molecule has 0 saturated carbocycles. The molecular weight excluding hydrogens is 300 g/mol. The molecule has 0 saturated heterocycles. The molecule has 0 radical (unpaired) electrons. The first kappa shape index (κ1) is 14.7. The summed E-state index contributed by atoms with van der Waals surface area (Å²) in [5.74, 6) is 0. The Morgan fingerprint density at radius 1 is 1.59 bits per heavy atom. The molecule has 5 heteroatoms. The van der Waals surface area contributed by atoms with Crippen LogP contribution in [0.5, 0.6) is 0 Å². The Labute approximate surface area is 114 Å². The number of nitrogens with zero attached hydrogens (tertiary/aromatic N) is 2. The monoisotopic (exact) mass is 316 g/mol. The van der Waals surface area contributed by atoms with Gasteiger partial charge in [-0.1, -0.05) is 11.3 Å². The summed E-state index contributed by atoms with van der Waals surface area (Å²) in [6, 6.07) is 1.96. The molecule has 0 bridgehead atoms. The minimum Gasteiger partial charge on any atom is -0.591 e. The molecule has 0 amide bonds. The van der Waals surface area contributed by atoms with Gasteiger partial charge in [-0.15, -0.1) is 0 Å². The van der Waals surface area contributed by atoms with E-state index in [0.29, 0.717) is 0 Å². The molecule has 1 heterocycles. The summed E-state index contributed by atoms with van der Waals surface area (Å²) in [7, 11) is 0. The molecule has 0 aromatic carbocycles. The van der Waals surface area contributed by atoms with Gasteiger partial charge < -0.3 is 4.55 Å². The second kappa shape index (κ2) is 5.98. The normalized spacial score (nSPS) is 14.2. The first-order chi connectivity index (χ1) is 7.86. The summed E-state index contributed by atoms with van der Waals surface area (Å²) in [6.07, 6.45) is 4.16. The van der Waals surface area contributed by atoms with E-state index in [4.69, 9.17) is 0 Å². The summed E-state index contributed by atoms with van der Waals surface area (Å²) >= 11 is 2.12. The lowest BCUT2D eigenvalue weighted by atomic mass is 10.1. The Kier molecular flexibility index (Phi) is 5.16. The van der Waals surface area contributed by atoms with Gasteiger partial charge in [-0.25, -0.2) is 4.98 Å². The third-order valence-corrected chi connectivity index (χ3v) is 5.02. The van der Waals surface area contributed by atoms with Crippen LogP contribution < -0.4 is 0 Å². The van der Waals surface area contributed by atoms with Gasteiger partial charge >= 0.3 is 0 Å². The van der Waals surface area contributed by atoms with E-state index in [1.165, 1.54) is 0 Å². The molecule has 1 aromatic heterocycles. The molecule has 0 spiro atoms. The molecule has 1 unspecified atom stereocenters. The van der Waals surface area contributed by atoms with E-state index >= 15 is 0 Å². The van der Waals surface area contributed by atoms with Gasteiger partial charge in [-0.2, -0.15) is 0 Å². The predicted octanol–water partition coefficient (Wildman–Crippen LogP) is 3.42. The van der Waals surface area contributed by atoms with Gasteiger partial charge in [-0.3, -0.25) is 0 Å². The first-order valence-corrected chi connectivity index (χ1v) is 7.35. The largest absolute Gasteiger partial charge is 0.591 e. The van der Waals surface area contributed by atoms with Crippen molar-refractivity contribution in [3.8, 4) is 0 Å². The van der Waals surface area contributed by atoms with Crippen molar-refractivity contribution in [2.75, 3.05) is 0 Å². The van der Waals surface area contributed by atoms with Gasteiger partial charge in [0.2, 0.25) is 0 Å². The highest BCUT2D eigenvalue weighted by Crippen LogP contribution is 2.22. The van der Waals surface area contributed by atoms with Gasteiger partial charge in [0, 0.05) is 11.8 Å². The fourth-order valence-electron chi connectivity index (χ4n) is 1.03. The predicted molar refractivity (Wildman–Crippen MR) is 76.8 cm³/mol. The first-order valence-electron chi connectivity index (χ1n) is 5.45. The smallest absolute Gasteiger partial charge is 0.147 e. The molecule has 1 rings (SSSR count). The Morgan fingerprint density at radius 3 is 2.76 bits per heavy atom. The van der Waals surface area contributed by atoms with Crippen molar-refractivity contribution in [2.24, 2.45) is 4.40 Å². The molecule has 94 valence electrons. The van der Waals surface area contributed by atoms with Gasteiger partial charge in [0.1, 0.15) is 20.7 Å². The van der Waals surface area contributed by atoms with Crippen LogP contribution in [0.15, 0.2) is 21.3 Å². The minimum absolute atomic E-state index is 0.283. The standard InChI is InChI=1S/C12H17BrN2OS/c1-5-12(3,4)17(16)15-8-10-6-9(2)11(13)14-7-10/h6-8H,5H2,1-4H3/b15-8+. The van der Waals surface area contributed by atoms with E-state index in [-0.39, 0.29) is 4.75 Å². The molecule has 1 aromatic rings. The van der Waals surface area contributed by atoms with Crippen LogP contribution in [0.25, 0.3) is 0 Å². The quantitative estimate of drug-likeness (QED) is 0.485. The summed E-state index contributed by atoms with van der Waals surface area (Å²) in [4.78, 5) is 4.17. The zero-order valence-electron chi connectivity index (χ0n) is 10.5. The maximum absolute atomic E-state index is 11.9. The van der Waals surface area contributed by atoms with Crippen LogP contribution >= 0.6 is 15.9 Å². The van der Waals surface area contributed by atoms with E-state index in [0.717, 1.165) is 22.2 Å². The number of hydrogen-bond donors (Lipinski definition) is 0. The van der Waals surface area contributed by atoms with Crippen molar-refractivity contribution in [3.63, 3.8) is 0 Å². The van der Waals surface area contributed by atoms with Crippen LogP contribution in [0, 0.1) is 6.92 Å². The minimum atomic E-state index is -1.21. The topological polar surface area (TPSA) is 48.3 Å². The van der Waals surface area contributed by atoms with Gasteiger partial charge in [0.05, 0.1) is 6.21 Å². The summed E-state index contributed by atoms with van der Waals surface area (Å²) in [6.45, 7) is 7.87.